The summed E-state index contributed by atoms with van der Waals surface area (Å²) in [6.07, 6.45) is 0. The topological polar surface area (TPSA) is 74.7 Å². The number of carboxylic acid groups (broad SMARTS) is 1. The fourth-order valence-corrected chi connectivity index (χ4v) is 3.43. The molecule has 1 aliphatic heterocycles. The number of carboxylic acids is 1. The van der Waals surface area contributed by atoms with E-state index in [1.165, 1.54) is 12.1 Å². The van der Waals surface area contributed by atoms with Gasteiger partial charge in [-0.15, -0.1) is 0 Å². The van der Waals surface area contributed by atoms with Gasteiger partial charge >= 0.3 is 5.97 Å². The average molecular weight is 273 g/mol. The zero-order valence-corrected chi connectivity index (χ0v) is 10.4. The first-order chi connectivity index (χ1) is 8.32. The van der Waals surface area contributed by atoms with Crippen molar-refractivity contribution >= 4 is 15.8 Å². The molecule has 0 amide bonds. The number of sulfone groups is 1. The minimum Gasteiger partial charge on any atom is -0.478 e. The number of alkyl halides is 1. The highest BCUT2D eigenvalue weighted by molar-refractivity contribution is 7.92. The Hall–Kier alpha value is -1.47. The predicted molar refractivity (Wildman–Crippen MR) is 61.8 cm³/mol. The molecule has 1 atom stereocenters. The van der Waals surface area contributed by atoms with Gasteiger partial charge in [0.05, 0.1) is 10.5 Å². The van der Waals surface area contributed by atoms with Gasteiger partial charge in [-0.1, -0.05) is 6.07 Å². The Morgan fingerprint density at radius 1 is 1.50 bits per heavy atom. The molecule has 7 heteroatoms. The highest BCUT2D eigenvalue weighted by Crippen LogP contribution is 2.27. The molecular weight excluding hydrogens is 261 g/mol. The van der Waals surface area contributed by atoms with E-state index in [1.54, 1.807) is 11.9 Å². The third kappa shape index (κ3) is 2.11. The molecule has 0 aliphatic carbocycles. The molecule has 0 unspecified atom stereocenters. The van der Waals surface area contributed by atoms with Gasteiger partial charge in [-0.3, -0.25) is 4.90 Å². The van der Waals surface area contributed by atoms with Gasteiger partial charge in [0.2, 0.25) is 15.3 Å². The van der Waals surface area contributed by atoms with Crippen LogP contribution >= 0.6 is 0 Å². The highest BCUT2D eigenvalue weighted by atomic mass is 32.2. The molecule has 98 valence electrons. The van der Waals surface area contributed by atoms with Crippen LogP contribution in [0.2, 0.25) is 0 Å². The maximum absolute atomic E-state index is 13.7. The van der Waals surface area contributed by atoms with E-state index >= 15 is 0 Å². The van der Waals surface area contributed by atoms with Crippen LogP contribution in [0.5, 0.6) is 0 Å². The van der Waals surface area contributed by atoms with E-state index in [0.717, 1.165) is 6.07 Å². The van der Waals surface area contributed by atoms with Crippen LogP contribution in [0.1, 0.15) is 15.9 Å². The third-order valence-electron chi connectivity index (χ3n) is 2.85. The summed E-state index contributed by atoms with van der Waals surface area (Å²) in [6, 6.07) is 3.77. The van der Waals surface area contributed by atoms with Gasteiger partial charge < -0.3 is 5.11 Å². The molecule has 0 radical (unpaired) electrons. The molecule has 5 nitrogen and oxygen atoms in total. The molecule has 0 bridgehead atoms. The van der Waals surface area contributed by atoms with Crippen LogP contribution in [0.4, 0.5) is 4.39 Å². The van der Waals surface area contributed by atoms with Crippen molar-refractivity contribution in [3.63, 3.8) is 0 Å². The van der Waals surface area contributed by atoms with Crippen LogP contribution in [-0.2, 0) is 16.4 Å². The number of rotatable bonds is 1. The summed E-state index contributed by atoms with van der Waals surface area (Å²) in [5.41, 5.74) is -1.77. The summed E-state index contributed by atoms with van der Waals surface area (Å²) < 4.78 is 37.6. The van der Waals surface area contributed by atoms with Crippen LogP contribution in [-0.4, -0.2) is 43.5 Å². The smallest absolute Gasteiger partial charge is 0.335 e. The number of hydrogen-bond donors (Lipinski definition) is 1. The predicted octanol–water partition coefficient (Wildman–Crippen LogP) is 0.899. The average Bonchev–Trinajstić information content (AvgIpc) is 2.35. The number of carbonyl (C=O) groups is 1. The Morgan fingerprint density at radius 2 is 2.17 bits per heavy atom. The maximum Gasteiger partial charge on any atom is 0.335 e. The largest absolute Gasteiger partial charge is 0.478 e. The van der Waals surface area contributed by atoms with Gasteiger partial charge in [0.15, 0.2) is 0 Å². The van der Waals surface area contributed by atoms with Gasteiger partial charge in [0, 0.05) is 13.1 Å². The molecule has 18 heavy (non-hydrogen) atoms. The normalized spacial score (nSPS) is 23.1. The van der Waals surface area contributed by atoms with Crippen molar-refractivity contribution in [2.75, 3.05) is 13.6 Å². The zero-order chi connectivity index (χ0) is 13.5. The van der Waals surface area contributed by atoms with Crippen LogP contribution in [0.25, 0.3) is 0 Å². The Morgan fingerprint density at radius 3 is 2.78 bits per heavy atom. The van der Waals surface area contributed by atoms with Gasteiger partial charge in [0.25, 0.3) is 0 Å². The van der Waals surface area contributed by atoms with Gasteiger partial charge in [-0.25, -0.2) is 17.6 Å². The number of hydrogen-bond acceptors (Lipinski definition) is 4. The molecule has 0 saturated heterocycles. The minimum atomic E-state index is -4.12. The number of fused-ring (bicyclic) bond motifs is 1. The van der Waals surface area contributed by atoms with Crippen LogP contribution in [0, 0.1) is 0 Å². The first kappa shape index (κ1) is 13.0. The minimum absolute atomic E-state index is 0.158. The monoisotopic (exact) mass is 273 g/mol. The molecule has 1 heterocycles. The second kappa shape index (κ2) is 4.33. The second-order valence-electron chi connectivity index (χ2n) is 4.28. The molecule has 0 fully saturated rings. The number of nitrogens with zero attached hydrogens (tertiary/aromatic N) is 1. The second-order valence-corrected chi connectivity index (χ2v) is 6.32. The van der Waals surface area contributed by atoms with E-state index in [4.69, 9.17) is 5.11 Å². The molecule has 1 aromatic carbocycles. The van der Waals surface area contributed by atoms with E-state index in [0.29, 0.717) is 5.56 Å². The molecule has 0 aromatic heterocycles. The molecule has 1 aliphatic rings. The fourth-order valence-electron chi connectivity index (χ4n) is 1.92. The zero-order valence-electron chi connectivity index (χ0n) is 9.63. The first-order valence-electron chi connectivity index (χ1n) is 5.25. The van der Waals surface area contributed by atoms with Crippen LogP contribution < -0.4 is 0 Å². The molecule has 1 N–H and O–H groups in total. The van der Waals surface area contributed by atoms with E-state index in [1.807, 2.05) is 0 Å². The number of benzene rings is 1. The van der Waals surface area contributed by atoms with Crippen molar-refractivity contribution in [2.45, 2.75) is 16.9 Å². The standard InChI is InChI=1S/C11H12FNO4S/c1-13-5-8-3-2-7(11(14)15)4-9(8)18(16,17)10(12)6-13/h2-4,10H,5-6H2,1H3,(H,14,15)/t10-/m1/s1. The summed E-state index contributed by atoms with van der Waals surface area (Å²) in [7, 11) is -2.50. The Kier molecular flexibility index (Phi) is 3.12. The highest BCUT2D eigenvalue weighted by Gasteiger charge is 2.34. The first-order valence-corrected chi connectivity index (χ1v) is 6.79. The van der Waals surface area contributed by atoms with E-state index in [2.05, 4.69) is 0 Å². The van der Waals surface area contributed by atoms with E-state index in [9.17, 15) is 17.6 Å². The van der Waals surface area contributed by atoms with Crippen molar-refractivity contribution in [2.24, 2.45) is 0 Å². The van der Waals surface area contributed by atoms with Crippen molar-refractivity contribution in [3.05, 3.63) is 29.3 Å². The maximum atomic E-state index is 13.7. The van der Waals surface area contributed by atoms with Gasteiger partial charge in [-0.05, 0) is 24.7 Å². The summed E-state index contributed by atoms with van der Waals surface area (Å²) >= 11 is 0. The molecule has 0 saturated carbocycles. The molecular formula is C11H12FNO4S. The van der Waals surface area contributed by atoms with Gasteiger partial charge in [-0.2, -0.15) is 0 Å². The van der Waals surface area contributed by atoms with Crippen molar-refractivity contribution < 1.29 is 22.7 Å². The van der Waals surface area contributed by atoms with Gasteiger partial charge in [0.1, 0.15) is 0 Å². The van der Waals surface area contributed by atoms with Crippen molar-refractivity contribution in [3.8, 4) is 0 Å². The quantitative estimate of drug-likeness (QED) is 0.822. The van der Waals surface area contributed by atoms with E-state index in [-0.39, 0.29) is 23.5 Å². The lowest BCUT2D eigenvalue weighted by molar-refractivity contribution is 0.0696. The van der Waals surface area contributed by atoms with Crippen LogP contribution in [0.3, 0.4) is 0 Å². The lowest BCUT2D eigenvalue weighted by Gasteiger charge is -2.13. The van der Waals surface area contributed by atoms with E-state index < -0.39 is 21.3 Å². The van der Waals surface area contributed by atoms with Crippen LogP contribution in [0.15, 0.2) is 23.1 Å². The summed E-state index contributed by atoms with van der Waals surface area (Å²) in [5, 5.41) is 8.85. The van der Waals surface area contributed by atoms with Crippen molar-refractivity contribution in [1.82, 2.24) is 4.90 Å². The SMILES string of the molecule is CN1Cc2ccc(C(=O)O)cc2S(=O)(=O)[C@@H](F)C1. The summed E-state index contributed by atoms with van der Waals surface area (Å²) in [4.78, 5) is 12.2. The Balaban J connectivity index is 2.66. The molecule has 1 aromatic rings. The molecule has 0 spiro atoms. The van der Waals surface area contributed by atoms with Crippen molar-refractivity contribution in [1.29, 1.82) is 0 Å². The fraction of sp³-hybridized carbons (Fsp3) is 0.364. The Bertz CT molecular complexity index is 599. The number of aromatic carboxylic acids is 1. The number of halogens is 1. The summed E-state index contributed by atoms with van der Waals surface area (Å²) in [5.74, 6) is -1.24. The third-order valence-corrected chi connectivity index (χ3v) is 4.67. The Labute approximate surface area is 104 Å². The lowest BCUT2D eigenvalue weighted by atomic mass is 10.1. The molecule has 2 rings (SSSR count). The summed E-state index contributed by atoms with van der Waals surface area (Å²) in [6.45, 7) is 0.0499. The lowest BCUT2D eigenvalue weighted by Crippen LogP contribution is -2.27.